The Morgan fingerprint density at radius 2 is 2.04 bits per heavy atom. The van der Waals surface area contributed by atoms with Crippen molar-refractivity contribution >= 4 is 11.8 Å². The normalized spacial score (nSPS) is 23.3. The van der Waals surface area contributed by atoms with E-state index >= 15 is 0 Å². The summed E-state index contributed by atoms with van der Waals surface area (Å²) in [5, 5.41) is 3.61. The summed E-state index contributed by atoms with van der Waals surface area (Å²) in [5.74, 6) is 0.323. The third-order valence-electron chi connectivity index (χ3n) is 5.61. The molecule has 142 valence electrons. The second-order valence-electron chi connectivity index (χ2n) is 7.43. The summed E-state index contributed by atoms with van der Waals surface area (Å²) in [4.78, 5) is 14.8. The zero-order valence-electron chi connectivity index (χ0n) is 15.9. The average Bonchev–Trinajstić information content (AvgIpc) is 3.13. The van der Waals surface area contributed by atoms with Crippen molar-refractivity contribution in [3.8, 4) is 0 Å². The van der Waals surface area contributed by atoms with Crippen LogP contribution in [0, 0.1) is 12.8 Å². The summed E-state index contributed by atoms with van der Waals surface area (Å²) in [6, 6.07) is 16.4. The van der Waals surface area contributed by atoms with Gasteiger partial charge in [0.05, 0.1) is 18.7 Å². The minimum Gasteiger partial charge on any atom is -0.445 e. The summed E-state index contributed by atoms with van der Waals surface area (Å²) in [6.07, 6.45) is 0.705. The first kappa shape index (κ1) is 17.9. The van der Waals surface area contributed by atoms with E-state index in [1.807, 2.05) is 35.2 Å². The van der Waals surface area contributed by atoms with Gasteiger partial charge in [0, 0.05) is 25.3 Å². The van der Waals surface area contributed by atoms with Gasteiger partial charge in [0.1, 0.15) is 6.61 Å². The molecule has 1 fully saturated rings. The minimum absolute atomic E-state index is 0.0320. The molecule has 2 heterocycles. The van der Waals surface area contributed by atoms with Crippen LogP contribution in [0.1, 0.15) is 29.2 Å². The molecule has 0 saturated carbocycles. The molecule has 0 bridgehead atoms. The van der Waals surface area contributed by atoms with E-state index in [1.54, 1.807) is 7.11 Å². The molecule has 2 aromatic carbocycles. The van der Waals surface area contributed by atoms with E-state index in [0.717, 1.165) is 17.7 Å². The molecule has 3 unspecified atom stereocenters. The second kappa shape index (κ2) is 7.61. The van der Waals surface area contributed by atoms with Crippen molar-refractivity contribution in [3.05, 3.63) is 65.2 Å². The standard InChI is InChI=1S/C22H26N2O3/c1-15-8-9-19-18(12-15)21-17(20(23-19)14-26-2)10-11-24(21)22(25)27-13-16-6-4-3-5-7-16/h3-9,12,17,20-21,23H,10-11,13-14H2,1-2H3. The van der Waals surface area contributed by atoms with E-state index in [0.29, 0.717) is 25.7 Å². The van der Waals surface area contributed by atoms with E-state index in [1.165, 1.54) is 11.1 Å². The molecule has 2 aliphatic rings. The molecular weight excluding hydrogens is 340 g/mol. The van der Waals surface area contributed by atoms with Crippen molar-refractivity contribution in [2.24, 2.45) is 5.92 Å². The van der Waals surface area contributed by atoms with Gasteiger partial charge in [-0.1, -0.05) is 48.0 Å². The number of methoxy groups -OCH3 is 1. The number of likely N-dealkylation sites (tertiary alicyclic amines) is 1. The van der Waals surface area contributed by atoms with E-state index in [2.05, 4.69) is 30.4 Å². The molecule has 1 N–H and O–H groups in total. The van der Waals surface area contributed by atoms with Crippen molar-refractivity contribution < 1.29 is 14.3 Å². The van der Waals surface area contributed by atoms with Crippen molar-refractivity contribution in [2.75, 3.05) is 25.6 Å². The summed E-state index contributed by atoms with van der Waals surface area (Å²) in [5.41, 5.74) is 4.47. The van der Waals surface area contributed by atoms with Crippen LogP contribution in [0.2, 0.25) is 0 Å². The lowest BCUT2D eigenvalue weighted by molar-refractivity contribution is 0.0824. The number of rotatable bonds is 4. The lowest BCUT2D eigenvalue weighted by Crippen LogP contribution is -2.43. The number of aryl methyl sites for hydroxylation is 1. The van der Waals surface area contributed by atoms with Gasteiger partial charge in [-0.2, -0.15) is 0 Å². The van der Waals surface area contributed by atoms with Crippen LogP contribution in [0.3, 0.4) is 0 Å². The third-order valence-corrected chi connectivity index (χ3v) is 5.61. The van der Waals surface area contributed by atoms with Gasteiger partial charge in [-0.3, -0.25) is 0 Å². The zero-order valence-corrected chi connectivity index (χ0v) is 15.9. The molecule has 4 rings (SSSR count). The maximum Gasteiger partial charge on any atom is 0.410 e. The smallest absolute Gasteiger partial charge is 0.410 e. The van der Waals surface area contributed by atoms with Crippen LogP contribution in [0.25, 0.3) is 0 Å². The zero-order chi connectivity index (χ0) is 18.8. The maximum atomic E-state index is 12.9. The number of hydrogen-bond acceptors (Lipinski definition) is 4. The minimum atomic E-state index is -0.239. The molecule has 2 aliphatic heterocycles. The molecule has 1 saturated heterocycles. The van der Waals surface area contributed by atoms with Gasteiger partial charge < -0.3 is 19.7 Å². The van der Waals surface area contributed by atoms with Crippen molar-refractivity contribution in [1.82, 2.24) is 4.90 Å². The molecule has 5 heteroatoms. The second-order valence-corrected chi connectivity index (χ2v) is 7.43. The topological polar surface area (TPSA) is 50.8 Å². The van der Waals surface area contributed by atoms with Crippen LogP contribution >= 0.6 is 0 Å². The van der Waals surface area contributed by atoms with Crippen molar-refractivity contribution in [2.45, 2.75) is 32.0 Å². The first-order valence-electron chi connectivity index (χ1n) is 9.50. The van der Waals surface area contributed by atoms with Crippen LogP contribution in [-0.2, 0) is 16.1 Å². The number of amides is 1. The molecule has 2 aromatic rings. The predicted molar refractivity (Wildman–Crippen MR) is 105 cm³/mol. The Hall–Kier alpha value is -2.53. The fourth-order valence-electron chi connectivity index (χ4n) is 4.35. The fourth-order valence-corrected chi connectivity index (χ4v) is 4.35. The number of fused-ring (bicyclic) bond motifs is 3. The summed E-state index contributed by atoms with van der Waals surface area (Å²) < 4.78 is 11.1. The highest BCUT2D eigenvalue weighted by molar-refractivity contribution is 5.71. The first-order valence-corrected chi connectivity index (χ1v) is 9.50. The third kappa shape index (κ3) is 3.52. The number of anilines is 1. The van der Waals surface area contributed by atoms with Gasteiger partial charge in [-0.15, -0.1) is 0 Å². The Morgan fingerprint density at radius 3 is 2.81 bits per heavy atom. The number of carbonyl (C=O) groups excluding carboxylic acids is 1. The van der Waals surface area contributed by atoms with Crippen LogP contribution < -0.4 is 5.32 Å². The van der Waals surface area contributed by atoms with Gasteiger partial charge in [0.25, 0.3) is 0 Å². The number of benzene rings is 2. The molecule has 0 radical (unpaired) electrons. The van der Waals surface area contributed by atoms with Gasteiger partial charge in [-0.05, 0) is 30.5 Å². The van der Waals surface area contributed by atoms with Crippen LogP contribution in [0.15, 0.2) is 48.5 Å². The van der Waals surface area contributed by atoms with Gasteiger partial charge in [0.2, 0.25) is 0 Å². The Kier molecular flexibility index (Phi) is 5.03. The van der Waals surface area contributed by atoms with Crippen LogP contribution in [0.5, 0.6) is 0 Å². The highest BCUT2D eigenvalue weighted by Gasteiger charge is 2.46. The first-order chi connectivity index (χ1) is 13.2. The molecule has 3 atom stereocenters. The summed E-state index contributed by atoms with van der Waals surface area (Å²) >= 11 is 0. The van der Waals surface area contributed by atoms with Gasteiger partial charge in [0.15, 0.2) is 0 Å². The molecule has 1 amide bonds. The SMILES string of the molecule is COCC1Nc2ccc(C)cc2C2C1CCN2C(=O)OCc1ccccc1. The highest BCUT2D eigenvalue weighted by atomic mass is 16.6. The predicted octanol–water partition coefficient (Wildman–Crippen LogP) is 4.14. The van der Waals surface area contributed by atoms with Crippen molar-refractivity contribution in [3.63, 3.8) is 0 Å². The molecule has 0 aliphatic carbocycles. The van der Waals surface area contributed by atoms with E-state index in [4.69, 9.17) is 9.47 Å². The van der Waals surface area contributed by atoms with E-state index in [-0.39, 0.29) is 18.2 Å². The number of hydrogen-bond donors (Lipinski definition) is 1. The van der Waals surface area contributed by atoms with Crippen LogP contribution in [-0.4, -0.2) is 37.3 Å². The molecule has 27 heavy (non-hydrogen) atoms. The quantitative estimate of drug-likeness (QED) is 0.884. The fraction of sp³-hybridized carbons (Fsp3) is 0.409. The Balaban J connectivity index is 1.57. The summed E-state index contributed by atoms with van der Waals surface area (Å²) in [6.45, 7) is 3.72. The van der Waals surface area contributed by atoms with Crippen LogP contribution in [0.4, 0.5) is 10.5 Å². The number of nitrogens with zero attached hydrogens (tertiary/aromatic N) is 1. The monoisotopic (exact) mass is 366 g/mol. The van der Waals surface area contributed by atoms with Gasteiger partial charge in [-0.25, -0.2) is 4.79 Å². The number of carbonyl (C=O) groups is 1. The summed E-state index contributed by atoms with van der Waals surface area (Å²) in [7, 11) is 1.72. The number of ether oxygens (including phenoxy) is 2. The molecule has 0 spiro atoms. The average molecular weight is 366 g/mol. The number of nitrogens with one attached hydrogen (secondary N) is 1. The Bertz CT molecular complexity index is 808. The lowest BCUT2D eigenvalue weighted by Gasteiger charge is -2.39. The van der Waals surface area contributed by atoms with Gasteiger partial charge >= 0.3 is 6.09 Å². The van der Waals surface area contributed by atoms with Crippen molar-refractivity contribution in [1.29, 1.82) is 0 Å². The highest BCUT2D eigenvalue weighted by Crippen LogP contribution is 2.46. The molecule has 5 nitrogen and oxygen atoms in total. The Labute approximate surface area is 160 Å². The Morgan fingerprint density at radius 1 is 1.22 bits per heavy atom. The molecule has 0 aromatic heterocycles. The van der Waals surface area contributed by atoms with E-state index in [9.17, 15) is 4.79 Å². The molecular formula is C22H26N2O3. The largest absolute Gasteiger partial charge is 0.445 e. The maximum absolute atomic E-state index is 12.9. The lowest BCUT2D eigenvalue weighted by atomic mass is 9.82. The van der Waals surface area contributed by atoms with E-state index < -0.39 is 0 Å².